The quantitative estimate of drug-likeness (QED) is 0.784. The SMILES string of the molecule is Cc1nc(C(C)N)n2cccc(Cl)c12. The number of nitrogens with two attached hydrogens (primary N) is 1. The van der Waals surface area contributed by atoms with Gasteiger partial charge >= 0.3 is 0 Å². The summed E-state index contributed by atoms with van der Waals surface area (Å²) in [6, 6.07) is 3.66. The second-order valence-electron chi connectivity index (χ2n) is 3.42. The van der Waals surface area contributed by atoms with E-state index in [1.54, 1.807) is 0 Å². The maximum atomic E-state index is 6.08. The van der Waals surface area contributed by atoms with E-state index in [0.29, 0.717) is 5.02 Å². The number of aryl methyl sites for hydroxylation is 1. The monoisotopic (exact) mass is 209 g/mol. The highest BCUT2D eigenvalue weighted by atomic mass is 35.5. The molecule has 0 aromatic carbocycles. The number of hydrogen-bond acceptors (Lipinski definition) is 2. The molecule has 74 valence electrons. The Morgan fingerprint density at radius 2 is 2.29 bits per heavy atom. The number of hydrogen-bond donors (Lipinski definition) is 1. The van der Waals surface area contributed by atoms with Crippen molar-refractivity contribution in [2.24, 2.45) is 5.73 Å². The Labute approximate surface area is 87.5 Å². The number of aromatic nitrogens is 2. The number of imidazole rings is 1. The van der Waals surface area contributed by atoms with Crippen molar-refractivity contribution < 1.29 is 0 Å². The average molecular weight is 210 g/mol. The van der Waals surface area contributed by atoms with E-state index in [-0.39, 0.29) is 6.04 Å². The standard InChI is InChI=1S/C10H12ClN3/c1-6(12)10-13-7(2)9-8(11)4-3-5-14(9)10/h3-6H,12H2,1-2H3. The Bertz CT molecular complexity index is 473. The molecule has 0 fully saturated rings. The second kappa shape index (κ2) is 3.26. The van der Waals surface area contributed by atoms with Crippen LogP contribution in [-0.2, 0) is 0 Å². The molecular formula is C10H12ClN3. The van der Waals surface area contributed by atoms with Gasteiger partial charge in [-0.05, 0) is 26.0 Å². The lowest BCUT2D eigenvalue weighted by atomic mass is 10.3. The summed E-state index contributed by atoms with van der Waals surface area (Å²) in [4.78, 5) is 4.40. The number of fused-ring (bicyclic) bond motifs is 1. The topological polar surface area (TPSA) is 43.3 Å². The molecule has 2 aromatic rings. The predicted molar refractivity (Wildman–Crippen MR) is 57.5 cm³/mol. The molecule has 0 amide bonds. The van der Waals surface area contributed by atoms with Gasteiger partial charge in [0.1, 0.15) is 5.82 Å². The first kappa shape index (κ1) is 9.49. The predicted octanol–water partition coefficient (Wildman–Crippen LogP) is 2.32. The third kappa shape index (κ3) is 1.29. The average Bonchev–Trinajstić information content (AvgIpc) is 2.45. The van der Waals surface area contributed by atoms with Crippen LogP contribution in [0.2, 0.25) is 5.02 Å². The normalized spacial score (nSPS) is 13.4. The van der Waals surface area contributed by atoms with Crippen molar-refractivity contribution in [1.82, 2.24) is 9.38 Å². The Morgan fingerprint density at radius 1 is 1.57 bits per heavy atom. The highest BCUT2D eigenvalue weighted by Gasteiger charge is 2.12. The first-order valence-electron chi connectivity index (χ1n) is 4.50. The second-order valence-corrected chi connectivity index (χ2v) is 3.83. The van der Waals surface area contributed by atoms with Crippen LogP contribution in [0.25, 0.3) is 5.52 Å². The van der Waals surface area contributed by atoms with Gasteiger partial charge in [-0.25, -0.2) is 4.98 Å². The molecule has 0 aliphatic rings. The zero-order chi connectivity index (χ0) is 10.3. The van der Waals surface area contributed by atoms with Gasteiger partial charge in [0, 0.05) is 6.20 Å². The van der Waals surface area contributed by atoms with Crippen LogP contribution in [0.1, 0.15) is 24.5 Å². The van der Waals surface area contributed by atoms with Crippen molar-refractivity contribution in [1.29, 1.82) is 0 Å². The highest BCUT2D eigenvalue weighted by molar-refractivity contribution is 6.34. The van der Waals surface area contributed by atoms with E-state index in [0.717, 1.165) is 17.0 Å². The van der Waals surface area contributed by atoms with Crippen LogP contribution in [0.4, 0.5) is 0 Å². The van der Waals surface area contributed by atoms with Gasteiger partial charge in [-0.15, -0.1) is 0 Å². The van der Waals surface area contributed by atoms with Crippen LogP contribution >= 0.6 is 11.6 Å². The van der Waals surface area contributed by atoms with E-state index < -0.39 is 0 Å². The van der Waals surface area contributed by atoms with E-state index in [2.05, 4.69) is 4.98 Å². The van der Waals surface area contributed by atoms with Crippen molar-refractivity contribution >= 4 is 17.1 Å². The number of pyridine rings is 1. The minimum absolute atomic E-state index is 0.0883. The van der Waals surface area contributed by atoms with Gasteiger partial charge in [0.2, 0.25) is 0 Å². The maximum Gasteiger partial charge on any atom is 0.130 e. The molecule has 4 heteroatoms. The van der Waals surface area contributed by atoms with Gasteiger partial charge < -0.3 is 10.1 Å². The van der Waals surface area contributed by atoms with Crippen LogP contribution in [0.3, 0.4) is 0 Å². The van der Waals surface area contributed by atoms with Gasteiger partial charge in [-0.1, -0.05) is 11.6 Å². The van der Waals surface area contributed by atoms with Crippen molar-refractivity contribution in [3.63, 3.8) is 0 Å². The Hall–Kier alpha value is -1.06. The van der Waals surface area contributed by atoms with Crippen molar-refractivity contribution in [3.05, 3.63) is 34.9 Å². The van der Waals surface area contributed by atoms with Gasteiger partial charge in [0.05, 0.1) is 22.3 Å². The Morgan fingerprint density at radius 3 is 2.93 bits per heavy atom. The minimum atomic E-state index is -0.0883. The van der Waals surface area contributed by atoms with Gasteiger partial charge in [0.15, 0.2) is 0 Å². The Balaban J connectivity index is 2.84. The highest BCUT2D eigenvalue weighted by Crippen LogP contribution is 2.23. The summed E-state index contributed by atoms with van der Waals surface area (Å²) in [7, 11) is 0. The molecule has 0 spiro atoms. The van der Waals surface area contributed by atoms with Gasteiger partial charge in [-0.3, -0.25) is 0 Å². The molecule has 2 rings (SSSR count). The van der Waals surface area contributed by atoms with E-state index in [1.807, 2.05) is 36.6 Å². The first-order chi connectivity index (χ1) is 6.61. The van der Waals surface area contributed by atoms with Gasteiger partial charge in [-0.2, -0.15) is 0 Å². The van der Waals surface area contributed by atoms with E-state index in [9.17, 15) is 0 Å². The summed E-state index contributed by atoms with van der Waals surface area (Å²) in [6.45, 7) is 3.85. The van der Waals surface area contributed by atoms with Crippen molar-refractivity contribution in [2.45, 2.75) is 19.9 Å². The molecule has 0 saturated heterocycles. The molecule has 3 nitrogen and oxygen atoms in total. The molecule has 2 N–H and O–H groups in total. The smallest absolute Gasteiger partial charge is 0.130 e. The minimum Gasteiger partial charge on any atom is -0.322 e. The van der Waals surface area contributed by atoms with Crippen LogP contribution < -0.4 is 5.73 Å². The number of nitrogens with zero attached hydrogens (tertiary/aromatic N) is 2. The summed E-state index contributed by atoms with van der Waals surface area (Å²) in [6.07, 6.45) is 1.93. The van der Waals surface area contributed by atoms with Crippen molar-refractivity contribution in [3.8, 4) is 0 Å². The molecule has 2 heterocycles. The lowest BCUT2D eigenvalue weighted by Gasteiger charge is -2.04. The van der Waals surface area contributed by atoms with E-state index in [1.165, 1.54) is 0 Å². The molecule has 0 bridgehead atoms. The summed E-state index contributed by atoms with van der Waals surface area (Å²) >= 11 is 6.08. The summed E-state index contributed by atoms with van der Waals surface area (Å²) < 4.78 is 1.95. The number of halogens is 1. The van der Waals surface area contributed by atoms with E-state index >= 15 is 0 Å². The Kier molecular flexibility index (Phi) is 2.21. The summed E-state index contributed by atoms with van der Waals surface area (Å²) in [5, 5.41) is 0.712. The lowest BCUT2D eigenvalue weighted by Crippen LogP contribution is -2.09. The van der Waals surface area contributed by atoms with Crippen LogP contribution in [-0.4, -0.2) is 9.38 Å². The largest absolute Gasteiger partial charge is 0.322 e. The van der Waals surface area contributed by atoms with Gasteiger partial charge in [0.25, 0.3) is 0 Å². The fourth-order valence-electron chi connectivity index (χ4n) is 1.62. The lowest BCUT2D eigenvalue weighted by molar-refractivity contribution is 0.734. The molecule has 0 radical (unpaired) electrons. The molecule has 2 aromatic heterocycles. The summed E-state index contributed by atoms with van der Waals surface area (Å²) in [5.41, 5.74) is 7.68. The van der Waals surface area contributed by atoms with Crippen molar-refractivity contribution in [2.75, 3.05) is 0 Å². The molecule has 14 heavy (non-hydrogen) atoms. The maximum absolute atomic E-state index is 6.08. The van der Waals surface area contributed by atoms with E-state index in [4.69, 9.17) is 17.3 Å². The fraction of sp³-hybridized carbons (Fsp3) is 0.300. The molecule has 0 saturated carbocycles. The molecule has 0 aliphatic heterocycles. The molecule has 0 aliphatic carbocycles. The third-order valence-corrected chi connectivity index (χ3v) is 2.53. The van der Waals surface area contributed by atoms with Crippen LogP contribution in [0, 0.1) is 6.92 Å². The zero-order valence-electron chi connectivity index (χ0n) is 8.16. The number of rotatable bonds is 1. The third-order valence-electron chi connectivity index (χ3n) is 2.22. The summed E-state index contributed by atoms with van der Waals surface area (Å²) in [5.74, 6) is 0.847. The van der Waals surface area contributed by atoms with Crippen LogP contribution in [0.15, 0.2) is 18.3 Å². The zero-order valence-corrected chi connectivity index (χ0v) is 8.92. The fourth-order valence-corrected chi connectivity index (χ4v) is 1.92. The molecular weight excluding hydrogens is 198 g/mol. The molecule has 1 atom stereocenters. The molecule has 1 unspecified atom stereocenters. The van der Waals surface area contributed by atoms with Crippen LogP contribution in [0.5, 0.6) is 0 Å². The first-order valence-corrected chi connectivity index (χ1v) is 4.87.